The summed E-state index contributed by atoms with van der Waals surface area (Å²) in [5.74, 6) is -4.44. The Labute approximate surface area is 151 Å². The van der Waals surface area contributed by atoms with Crippen molar-refractivity contribution in [1.82, 2.24) is 0 Å². The lowest BCUT2D eigenvalue weighted by atomic mass is 10.1. The van der Waals surface area contributed by atoms with E-state index in [1.807, 2.05) is 0 Å². The number of rotatable bonds is 4. The SMILES string of the molecule is O=CC1C(=O)c2ccc(Oc3ccc4c(c3)C(=O)C(C=O)C4=O)cc2C1=O. The second-order valence-corrected chi connectivity index (χ2v) is 6.20. The van der Waals surface area contributed by atoms with Gasteiger partial charge in [0.15, 0.2) is 23.1 Å². The molecule has 2 aliphatic carbocycles. The average Bonchev–Trinajstić information content (AvgIpc) is 3.05. The predicted molar refractivity (Wildman–Crippen MR) is 89.4 cm³/mol. The highest BCUT2D eigenvalue weighted by atomic mass is 16.5. The first kappa shape index (κ1) is 16.7. The maximum Gasteiger partial charge on any atom is 0.181 e. The van der Waals surface area contributed by atoms with Crippen molar-refractivity contribution in [2.24, 2.45) is 11.8 Å². The summed E-state index contributed by atoms with van der Waals surface area (Å²) in [7, 11) is 0. The number of benzene rings is 2. The molecule has 0 fully saturated rings. The molecule has 7 heteroatoms. The van der Waals surface area contributed by atoms with Crippen LogP contribution in [0.4, 0.5) is 0 Å². The number of aldehydes is 2. The maximum atomic E-state index is 12.1. The summed E-state index contributed by atoms with van der Waals surface area (Å²) in [4.78, 5) is 70.0. The molecule has 0 N–H and O–H groups in total. The van der Waals surface area contributed by atoms with Crippen molar-refractivity contribution in [1.29, 1.82) is 0 Å². The molecular formula is C20H10O7. The van der Waals surface area contributed by atoms with E-state index in [1.54, 1.807) is 0 Å². The zero-order chi connectivity index (χ0) is 19.3. The molecule has 0 aliphatic heterocycles. The first-order valence-electron chi connectivity index (χ1n) is 7.99. The van der Waals surface area contributed by atoms with Crippen LogP contribution in [0, 0.1) is 11.8 Å². The fourth-order valence-electron chi connectivity index (χ4n) is 3.30. The van der Waals surface area contributed by atoms with E-state index in [0.717, 1.165) is 0 Å². The van der Waals surface area contributed by atoms with Gasteiger partial charge in [-0.25, -0.2) is 0 Å². The molecule has 4 rings (SSSR count). The third-order valence-corrected chi connectivity index (χ3v) is 4.68. The van der Waals surface area contributed by atoms with Crippen LogP contribution in [-0.4, -0.2) is 35.7 Å². The van der Waals surface area contributed by atoms with Crippen molar-refractivity contribution in [2.75, 3.05) is 0 Å². The first-order chi connectivity index (χ1) is 13.0. The lowest BCUT2D eigenvalue weighted by Gasteiger charge is -2.08. The highest BCUT2D eigenvalue weighted by Crippen LogP contribution is 2.34. The Morgan fingerprint density at radius 2 is 0.963 bits per heavy atom. The number of carbonyl (C=O) groups is 6. The van der Waals surface area contributed by atoms with E-state index >= 15 is 0 Å². The van der Waals surface area contributed by atoms with Crippen molar-refractivity contribution in [3.05, 3.63) is 58.7 Å². The van der Waals surface area contributed by atoms with Gasteiger partial charge in [-0.1, -0.05) is 0 Å². The summed E-state index contributed by atoms with van der Waals surface area (Å²) in [6.45, 7) is 0. The summed E-state index contributed by atoms with van der Waals surface area (Å²) in [5.41, 5.74) is 0.520. The second kappa shape index (κ2) is 5.91. The van der Waals surface area contributed by atoms with Gasteiger partial charge >= 0.3 is 0 Å². The molecule has 0 bridgehead atoms. The van der Waals surface area contributed by atoms with Gasteiger partial charge in [0.25, 0.3) is 0 Å². The van der Waals surface area contributed by atoms with Crippen molar-refractivity contribution in [3.8, 4) is 11.5 Å². The quantitative estimate of drug-likeness (QED) is 0.603. The summed E-state index contributed by atoms with van der Waals surface area (Å²) >= 11 is 0. The number of ether oxygens (including phenoxy) is 1. The van der Waals surface area contributed by atoms with Crippen LogP contribution in [0.2, 0.25) is 0 Å². The minimum Gasteiger partial charge on any atom is -0.457 e. The average molecular weight is 362 g/mol. The Kier molecular flexibility index (Phi) is 3.66. The van der Waals surface area contributed by atoms with Crippen molar-refractivity contribution in [2.45, 2.75) is 0 Å². The first-order valence-corrected chi connectivity index (χ1v) is 7.99. The van der Waals surface area contributed by atoms with Crippen LogP contribution in [0.15, 0.2) is 36.4 Å². The molecule has 2 atom stereocenters. The highest BCUT2D eigenvalue weighted by Gasteiger charge is 2.39. The van der Waals surface area contributed by atoms with Gasteiger partial charge in [-0.3, -0.25) is 19.2 Å². The van der Waals surface area contributed by atoms with Crippen LogP contribution in [0.3, 0.4) is 0 Å². The standard InChI is InChI=1S/C20H10O7/c21-7-15-17(23)11-3-1-9(5-13(11)19(15)25)27-10-2-4-12-14(6-10)20(26)16(8-22)18(12)24/h1-8,15-16H. The van der Waals surface area contributed by atoms with E-state index in [-0.39, 0.29) is 33.8 Å². The van der Waals surface area contributed by atoms with Gasteiger partial charge in [0.1, 0.15) is 35.9 Å². The molecule has 27 heavy (non-hydrogen) atoms. The Hall–Kier alpha value is -3.74. The predicted octanol–water partition coefficient (Wildman–Crippen LogP) is 1.87. The second-order valence-electron chi connectivity index (χ2n) is 6.20. The molecule has 0 saturated heterocycles. The van der Waals surface area contributed by atoms with Crippen LogP contribution in [0.1, 0.15) is 41.4 Å². The molecule has 2 aromatic carbocycles. The summed E-state index contributed by atoms with van der Waals surface area (Å²) in [6.07, 6.45) is 0.634. The fraction of sp³-hybridized carbons (Fsp3) is 0.100. The topological polar surface area (TPSA) is 112 Å². The van der Waals surface area contributed by atoms with Crippen LogP contribution in [-0.2, 0) is 9.59 Å². The van der Waals surface area contributed by atoms with Gasteiger partial charge in [-0.15, -0.1) is 0 Å². The minimum absolute atomic E-state index is 0.100. The number of fused-ring (bicyclic) bond motifs is 2. The van der Waals surface area contributed by atoms with E-state index in [9.17, 15) is 28.8 Å². The Morgan fingerprint density at radius 3 is 1.33 bits per heavy atom. The molecule has 0 aromatic heterocycles. The van der Waals surface area contributed by atoms with E-state index < -0.39 is 35.0 Å². The molecular weight excluding hydrogens is 352 g/mol. The van der Waals surface area contributed by atoms with Gasteiger partial charge in [-0.2, -0.15) is 0 Å². The summed E-state index contributed by atoms with van der Waals surface area (Å²) in [5, 5.41) is 0. The zero-order valence-electron chi connectivity index (χ0n) is 13.6. The zero-order valence-corrected chi connectivity index (χ0v) is 13.6. The number of ketones is 4. The molecule has 0 amide bonds. The lowest BCUT2D eigenvalue weighted by Crippen LogP contribution is -2.15. The Balaban J connectivity index is 1.66. The van der Waals surface area contributed by atoms with Gasteiger partial charge in [0, 0.05) is 22.3 Å². The molecule has 0 spiro atoms. The molecule has 0 saturated carbocycles. The van der Waals surface area contributed by atoms with E-state index in [0.29, 0.717) is 12.6 Å². The summed E-state index contributed by atoms with van der Waals surface area (Å²) < 4.78 is 5.63. The highest BCUT2D eigenvalue weighted by molar-refractivity contribution is 6.33. The van der Waals surface area contributed by atoms with Crippen LogP contribution < -0.4 is 4.74 Å². The monoisotopic (exact) mass is 362 g/mol. The summed E-state index contributed by atoms with van der Waals surface area (Å²) in [6, 6.07) is 8.44. The molecule has 0 radical (unpaired) electrons. The third kappa shape index (κ3) is 2.36. The molecule has 0 heterocycles. The maximum absolute atomic E-state index is 12.1. The van der Waals surface area contributed by atoms with E-state index in [4.69, 9.17) is 4.74 Å². The Bertz CT molecular complexity index is 994. The van der Waals surface area contributed by atoms with Crippen LogP contribution >= 0.6 is 0 Å². The van der Waals surface area contributed by atoms with Gasteiger partial charge in [-0.05, 0) is 36.4 Å². The fourth-order valence-corrected chi connectivity index (χ4v) is 3.30. The number of carbonyl (C=O) groups excluding carboxylic acids is 6. The molecule has 132 valence electrons. The normalized spacial score (nSPS) is 20.4. The van der Waals surface area contributed by atoms with Crippen LogP contribution in [0.25, 0.3) is 0 Å². The molecule has 2 unspecified atom stereocenters. The molecule has 7 nitrogen and oxygen atoms in total. The van der Waals surface area contributed by atoms with Gasteiger partial charge in [0.2, 0.25) is 0 Å². The van der Waals surface area contributed by atoms with Crippen molar-refractivity contribution >= 4 is 35.7 Å². The number of hydrogen-bond donors (Lipinski definition) is 0. The Morgan fingerprint density at radius 1 is 0.593 bits per heavy atom. The number of hydrogen-bond acceptors (Lipinski definition) is 7. The van der Waals surface area contributed by atoms with E-state index in [1.165, 1.54) is 36.4 Å². The molecule has 2 aliphatic rings. The minimum atomic E-state index is -1.32. The van der Waals surface area contributed by atoms with Crippen molar-refractivity contribution in [3.63, 3.8) is 0 Å². The largest absolute Gasteiger partial charge is 0.457 e. The third-order valence-electron chi connectivity index (χ3n) is 4.68. The van der Waals surface area contributed by atoms with E-state index in [2.05, 4.69) is 0 Å². The lowest BCUT2D eigenvalue weighted by molar-refractivity contribution is -0.109. The van der Waals surface area contributed by atoms with Gasteiger partial charge < -0.3 is 14.3 Å². The number of Topliss-reactive ketones (excluding diaryl/α,β-unsaturated/α-hetero) is 4. The van der Waals surface area contributed by atoms with Crippen molar-refractivity contribution < 1.29 is 33.5 Å². The smallest absolute Gasteiger partial charge is 0.181 e. The van der Waals surface area contributed by atoms with Gasteiger partial charge in [0.05, 0.1) is 0 Å². The molecule has 2 aromatic rings. The van der Waals surface area contributed by atoms with Crippen LogP contribution in [0.5, 0.6) is 11.5 Å².